The molecular weight excluding hydrogens is 236 g/mol. The fraction of sp³-hybridized carbons (Fsp3) is 0.176. The van der Waals surface area contributed by atoms with E-state index in [1.54, 1.807) is 18.2 Å². The lowest BCUT2D eigenvalue weighted by Gasteiger charge is -2.12. The Labute approximate surface area is 113 Å². The SMILES string of the molecule is Cc1cccc(/C(=C/CO)c2cc(O)ccc2C)c1. The maximum atomic E-state index is 9.67. The number of rotatable bonds is 3. The lowest BCUT2D eigenvalue weighted by molar-refractivity contribution is 0.343. The number of hydrogen-bond donors (Lipinski definition) is 2. The Balaban J connectivity index is 2.58. The number of benzene rings is 2. The molecule has 0 aromatic heterocycles. The minimum atomic E-state index is -0.0294. The molecule has 0 aliphatic rings. The van der Waals surface area contributed by atoms with Crippen molar-refractivity contribution in [2.75, 3.05) is 6.61 Å². The van der Waals surface area contributed by atoms with Gasteiger partial charge < -0.3 is 10.2 Å². The number of aromatic hydroxyl groups is 1. The first-order chi connectivity index (χ1) is 9.11. The van der Waals surface area contributed by atoms with Gasteiger partial charge in [0.05, 0.1) is 6.61 Å². The zero-order valence-electron chi connectivity index (χ0n) is 11.2. The van der Waals surface area contributed by atoms with Crippen LogP contribution in [0, 0.1) is 13.8 Å². The van der Waals surface area contributed by atoms with Gasteiger partial charge >= 0.3 is 0 Å². The van der Waals surface area contributed by atoms with Crippen LogP contribution in [-0.2, 0) is 0 Å². The quantitative estimate of drug-likeness (QED) is 0.881. The average molecular weight is 254 g/mol. The smallest absolute Gasteiger partial charge is 0.116 e. The molecule has 0 bridgehead atoms. The lowest BCUT2D eigenvalue weighted by Crippen LogP contribution is -1.94. The normalized spacial score (nSPS) is 11.6. The summed E-state index contributed by atoms with van der Waals surface area (Å²) < 4.78 is 0. The van der Waals surface area contributed by atoms with Gasteiger partial charge in [-0.15, -0.1) is 0 Å². The Kier molecular flexibility index (Phi) is 4.03. The topological polar surface area (TPSA) is 40.5 Å². The minimum absolute atomic E-state index is 0.0294. The molecule has 2 N–H and O–H groups in total. The highest BCUT2D eigenvalue weighted by atomic mass is 16.3. The molecule has 98 valence electrons. The molecule has 2 rings (SSSR count). The second-order valence-electron chi connectivity index (χ2n) is 4.67. The third-order valence-corrected chi connectivity index (χ3v) is 3.14. The van der Waals surface area contributed by atoms with E-state index in [2.05, 4.69) is 6.07 Å². The molecule has 0 saturated carbocycles. The van der Waals surface area contributed by atoms with Crippen molar-refractivity contribution in [3.8, 4) is 5.75 Å². The standard InChI is InChI=1S/C17H18O2/c1-12-4-3-5-14(10-12)16(8-9-18)17-11-15(19)7-6-13(17)2/h3-8,10-11,18-19H,9H2,1-2H3/b16-8-. The Morgan fingerprint density at radius 2 is 1.89 bits per heavy atom. The summed E-state index contributed by atoms with van der Waals surface area (Å²) in [4.78, 5) is 0. The van der Waals surface area contributed by atoms with Crippen molar-refractivity contribution in [2.24, 2.45) is 0 Å². The van der Waals surface area contributed by atoms with E-state index >= 15 is 0 Å². The molecule has 2 aromatic rings. The Morgan fingerprint density at radius 1 is 1.11 bits per heavy atom. The molecule has 2 aromatic carbocycles. The van der Waals surface area contributed by atoms with Crippen LogP contribution in [0.5, 0.6) is 5.75 Å². The van der Waals surface area contributed by atoms with Crippen LogP contribution in [0.1, 0.15) is 22.3 Å². The lowest BCUT2D eigenvalue weighted by atomic mass is 9.93. The van der Waals surface area contributed by atoms with Crippen molar-refractivity contribution in [2.45, 2.75) is 13.8 Å². The van der Waals surface area contributed by atoms with Crippen molar-refractivity contribution in [1.29, 1.82) is 0 Å². The van der Waals surface area contributed by atoms with Crippen molar-refractivity contribution in [3.63, 3.8) is 0 Å². The Morgan fingerprint density at radius 3 is 2.58 bits per heavy atom. The molecule has 0 aliphatic heterocycles. The van der Waals surface area contributed by atoms with E-state index in [1.165, 1.54) is 5.56 Å². The molecule has 0 spiro atoms. The van der Waals surface area contributed by atoms with Gasteiger partial charge in [-0.1, -0.05) is 42.0 Å². The molecule has 0 aliphatic carbocycles. The van der Waals surface area contributed by atoms with E-state index in [9.17, 15) is 10.2 Å². The van der Waals surface area contributed by atoms with Crippen LogP contribution in [0.25, 0.3) is 5.57 Å². The monoisotopic (exact) mass is 254 g/mol. The predicted molar refractivity (Wildman–Crippen MR) is 78.2 cm³/mol. The van der Waals surface area contributed by atoms with Gasteiger partial charge in [0.15, 0.2) is 0 Å². The Hall–Kier alpha value is -2.06. The number of aryl methyl sites for hydroxylation is 2. The van der Waals surface area contributed by atoms with Gasteiger partial charge in [0.25, 0.3) is 0 Å². The first kappa shape index (κ1) is 13.4. The highest BCUT2D eigenvalue weighted by Gasteiger charge is 2.09. The number of aliphatic hydroxyl groups excluding tert-OH is 1. The van der Waals surface area contributed by atoms with Crippen molar-refractivity contribution in [1.82, 2.24) is 0 Å². The number of aliphatic hydroxyl groups is 1. The molecule has 0 unspecified atom stereocenters. The molecule has 2 nitrogen and oxygen atoms in total. The number of phenols is 1. The molecule has 2 heteroatoms. The molecule has 0 atom stereocenters. The predicted octanol–water partition coefficient (Wildman–Crippen LogP) is 3.43. The maximum absolute atomic E-state index is 9.67. The summed E-state index contributed by atoms with van der Waals surface area (Å²) in [6, 6.07) is 13.4. The van der Waals surface area contributed by atoms with Gasteiger partial charge in [0.1, 0.15) is 5.75 Å². The second kappa shape index (κ2) is 5.72. The third kappa shape index (κ3) is 3.04. The summed E-state index contributed by atoms with van der Waals surface area (Å²) in [5.41, 5.74) is 5.17. The van der Waals surface area contributed by atoms with Crippen LogP contribution in [-0.4, -0.2) is 16.8 Å². The van der Waals surface area contributed by atoms with Crippen LogP contribution in [0.15, 0.2) is 48.5 Å². The zero-order valence-corrected chi connectivity index (χ0v) is 11.2. The Bertz CT molecular complexity index is 612. The first-order valence-corrected chi connectivity index (χ1v) is 6.30. The summed E-state index contributed by atoms with van der Waals surface area (Å²) in [7, 11) is 0. The van der Waals surface area contributed by atoms with Gasteiger partial charge in [-0.25, -0.2) is 0 Å². The largest absolute Gasteiger partial charge is 0.508 e. The summed E-state index contributed by atoms with van der Waals surface area (Å²) in [6.45, 7) is 4.00. The minimum Gasteiger partial charge on any atom is -0.508 e. The summed E-state index contributed by atoms with van der Waals surface area (Å²) >= 11 is 0. The van der Waals surface area contributed by atoms with Crippen LogP contribution in [0.2, 0.25) is 0 Å². The fourth-order valence-electron chi connectivity index (χ4n) is 2.19. The van der Waals surface area contributed by atoms with Crippen molar-refractivity contribution in [3.05, 3.63) is 70.8 Å². The molecule has 0 fully saturated rings. The summed E-state index contributed by atoms with van der Waals surface area (Å²) in [5, 5.41) is 18.9. The maximum Gasteiger partial charge on any atom is 0.116 e. The third-order valence-electron chi connectivity index (χ3n) is 3.14. The van der Waals surface area contributed by atoms with E-state index in [4.69, 9.17) is 0 Å². The van der Waals surface area contributed by atoms with Crippen molar-refractivity contribution < 1.29 is 10.2 Å². The summed E-state index contributed by atoms with van der Waals surface area (Å²) in [6.07, 6.45) is 1.77. The molecule has 0 radical (unpaired) electrons. The first-order valence-electron chi connectivity index (χ1n) is 6.30. The van der Waals surface area contributed by atoms with Crippen LogP contribution in [0.4, 0.5) is 0 Å². The van der Waals surface area contributed by atoms with Gasteiger partial charge in [0.2, 0.25) is 0 Å². The van der Waals surface area contributed by atoms with Gasteiger partial charge in [-0.2, -0.15) is 0 Å². The zero-order chi connectivity index (χ0) is 13.8. The second-order valence-corrected chi connectivity index (χ2v) is 4.67. The van der Waals surface area contributed by atoms with Crippen LogP contribution in [0.3, 0.4) is 0 Å². The average Bonchev–Trinajstić information content (AvgIpc) is 2.39. The number of phenolic OH excluding ortho intramolecular Hbond substituents is 1. The fourth-order valence-corrected chi connectivity index (χ4v) is 2.19. The van der Waals surface area contributed by atoms with E-state index < -0.39 is 0 Å². The van der Waals surface area contributed by atoms with E-state index in [1.807, 2.05) is 38.1 Å². The van der Waals surface area contributed by atoms with Gasteiger partial charge in [-0.3, -0.25) is 0 Å². The van der Waals surface area contributed by atoms with Crippen LogP contribution < -0.4 is 0 Å². The van der Waals surface area contributed by atoms with Gasteiger partial charge in [-0.05, 0) is 48.2 Å². The number of hydrogen-bond acceptors (Lipinski definition) is 2. The van der Waals surface area contributed by atoms with Crippen LogP contribution >= 0.6 is 0 Å². The highest BCUT2D eigenvalue weighted by Crippen LogP contribution is 2.29. The molecule has 0 heterocycles. The molecule has 0 saturated heterocycles. The summed E-state index contributed by atoms with van der Waals surface area (Å²) in [5.74, 6) is 0.233. The van der Waals surface area contributed by atoms with E-state index in [-0.39, 0.29) is 12.4 Å². The van der Waals surface area contributed by atoms with Crippen molar-refractivity contribution >= 4 is 5.57 Å². The highest BCUT2D eigenvalue weighted by molar-refractivity contribution is 5.82. The van der Waals surface area contributed by atoms with E-state index in [0.29, 0.717) is 0 Å². The molecule has 0 amide bonds. The molecule has 19 heavy (non-hydrogen) atoms. The van der Waals surface area contributed by atoms with Gasteiger partial charge in [0, 0.05) is 0 Å². The molecular formula is C17H18O2. The van der Waals surface area contributed by atoms with E-state index in [0.717, 1.165) is 22.3 Å².